The number of hydrogen-bond acceptors (Lipinski definition) is 2. The first-order chi connectivity index (χ1) is 16.5. The van der Waals surface area contributed by atoms with E-state index in [4.69, 9.17) is 4.74 Å². The van der Waals surface area contributed by atoms with Gasteiger partial charge in [-0.05, 0) is 69.6 Å². The van der Waals surface area contributed by atoms with Crippen molar-refractivity contribution >= 4 is 5.69 Å². The molecule has 5 rings (SSSR count). The lowest BCUT2D eigenvalue weighted by Gasteiger charge is -2.28. The Bertz CT molecular complexity index is 1300. The zero-order chi connectivity index (χ0) is 23.7. The maximum atomic E-state index is 5.37. The highest BCUT2D eigenvalue weighted by molar-refractivity contribution is 5.82. The predicted molar refractivity (Wildman–Crippen MR) is 143 cm³/mol. The molecule has 0 bridgehead atoms. The number of anilines is 1. The van der Waals surface area contributed by atoms with E-state index in [1.54, 1.807) is 7.11 Å². The molecule has 2 nitrogen and oxygen atoms in total. The number of nitrogens with zero attached hydrogens (tertiary/aromatic N) is 1. The molecule has 0 heterocycles. The molecule has 0 fully saturated rings. The zero-order valence-corrected chi connectivity index (χ0v) is 20.6. The molecule has 0 amide bonds. The molecule has 0 spiro atoms. The van der Waals surface area contributed by atoms with E-state index in [0.717, 1.165) is 25.3 Å². The monoisotopic (exact) mass is 447 g/mol. The Morgan fingerprint density at radius 1 is 0.676 bits per heavy atom. The molecule has 1 aliphatic rings. The van der Waals surface area contributed by atoms with Crippen molar-refractivity contribution in [3.63, 3.8) is 0 Å². The fourth-order valence-electron chi connectivity index (χ4n) is 5.25. The third kappa shape index (κ3) is 4.09. The van der Waals surface area contributed by atoms with Gasteiger partial charge in [-0.3, -0.25) is 0 Å². The van der Waals surface area contributed by atoms with E-state index in [2.05, 4.69) is 105 Å². The summed E-state index contributed by atoms with van der Waals surface area (Å²) < 4.78 is 5.37. The fraction of sp³-hybridized carbons (Fsp3) is 0.250. The van der Waals surface area contributed by atoms with Gasteiger partial charge in [-0.1, -0.05) is 87.5 Å². The van der Waals surface area contributed by atoms with Crippen LogP contribution in [-0.4, -0.2) is 7.11 Å². The molecular formula is C32H33NO. The van der Waals surface area contributed by atoms with Gasteiger partial charge in [0.05, 0.1) is 7.11 Å². The van der Waals surface area contributed by atoms with Crippen molar-refractivity contribution in [3.05, 3.63) is 119 Å². The van der Waals surface area contributed by atoms with Crippen LogP contribution in [0.5, 0.6) is 5.75 Å². The molecule has 0 radical (unpaired) electrons. The van der Waals surface area contributed by atoms with Crippen molar-refractivity contribution in [2.24, 2.45) is 0 Å². The van der Waals surface area contributed by atoms with Crippen LogP contribution in [0, 0.1) is 0 Å². The minimum atomic E-state index is -0.00412. The smallest absolute Gasteiger partial charge is 0.118 e. The van der Waals surface area contributed by atoms with E-state index in [0.29, 0.717) is 0 Å². The van der Waals surface area contributed by atoms with Crippen molar-refractivity contribution in [1.82, 2.24) is 0 Å². The lowest BCUT2D eigenvalue weighted by molar-refractivity contribution is 0.414. The molecular weight excluding hydrogens is 414 g/mol. The van der Waals surface area contributed by atoms with Crippen LogP contribution in [-0.2, 0) is 24.9 Å². The number of hydrogen-bond donors (Lipinski definition) is 0. The van der Waals surface area contributed by atoms with Gasteiger partial charge in [0.15, 0.2) is 0 Å². The Hall–Kier alpha value is -3.52. The van der Waals surface area contributed by atoms with Crippen LogP contribution in [0.15, 0.2) is 91.0 Å². The highest BCUT2D eigenvalue weighted by Crippen LogP contribution is 2.49. The fourth-order valence-corrected chi connectivity index (χ4v) is 5.25. The molecule has 1 aliphatic carbocycles. The SMILES string of the molecule is CCc1cccc(CN(Cc2ccc(OC)cc2)c2ccc3c(c2)C(C)(C)c2ccccc2-3)c1. The van der Waals surface area contributed by atoms with E-state index >= 15 is 0 Å². The van der Waals surface area contributed by atoms with E-state index < -0.39 is 0 Å². The maximum Gasteiger partial charge on any atom is 0.118 e. The lowest BCUT2D eigenvalue weighted by atomic mass is 9.82. The molecule has 0 saturated heterocycles. The summed E-state index contributed by atoms with van der Waals surface area (Å²) >= 11 is 0. The molecule has 4 aromatic carbocycles. The first-order valence-electron chi connectivity index (χ1n) is 12.2. The van der Waals surface area contributed by atoms with Crippen molar-refractivity contribution in [1.29, 1.82) is 0 Å². The van der Waals surface area contributed by atoms with E-state index in [1.165, 1.54) is 44.6 Å². The van der Waals surface area contributed by atoms with Gasteiger partial charge in [-0.15, -0.1) is 0 Å². The standard InChI is InChI=1S/C32H33NO/c1-5-23-9-8-10-25(19-23)22-33(21-24-13-16-27(34-4)17-14-24)26-15-18-29-28-11-6-7-12-30(28)32(2,3)31(29)20-26/h6-20H,5,21-22H2,1-4H3. The van der Waals surface area contributed by atoms with Gasteiger partial charge >= 0.3 is 0 Å². The first-order valence-corrected chi connectivity index (χ1v) is 12.2. The molecule has 2 heteroatoms. The lowest BCUT2D eigenvalue weighted by Crippen LogP contribution is -2.23. The second kappa shape index (κ2) is 9.02. The number of aryl methyl sites for hydroxylation is 1. The van der Waals surface area contributed by atoms with Crippen molar-refractivity contribution in [2.45, 2.75) is 45.7 Å². The van der Waals surface area contributed by atoms with E-state index in [9.17, 15) is 0 Å². The minimum Gasteiger partial charge on any atom is -0.497 e. The second-order valence-electron chi connectivity index (χ2n) is 9.78. The Morgan fingerprint density at radius 2 is 1.38 bits per heavy atom. The minimum absolute atomic E-state index is 0.00412. The quantitative estimate of drug-likeness (QED) is 0.287. The predicted octanol–water partition coefficient (Wildman–Crippen LogP) is 7.77. The number of benzene rings is 4. The highest BCUT2D eigenvalue weighted by Gasteiger charge is 2.35. The third-order valence-corrected chi connectivity index (χ3v) is 7.24. The number of fused-ring (bicyclic) bond motifs is 3. The van der Waals surface area contributed by atoms with Gasteiger partial charge in [-0.25, -0.2) is 0 Å². The number of methoxy groups -OCH3 is 1. The van der Waals surface area contributed by atoms with E-state index in [-0.39, 0.29) is 5.41 Å². The van der Waals surface area contributed by atoms with Crippen LogP contribution in [0.4, 0.5) is 5.69 Å². The van der Waals surface area contributed by atoms with Crippen LogP contribution >= 0.6 is 0 Å². The molecule has 0 aromatic heterocycles. The Balaban J connectivity index is 1.54. The van der Waals surface area contributed by atoms with Crippen LogP contribution in [0.25, 0.3) is 11.1 Å². The first kappa shape index (κ1) is 22.3. The van der Waals surface area contributed by atoms with Crippen molar-refractivity contribution in [3.8, 4) is 16.9 Å². The van der Waals surface area contributed by atoms with Crippen LogP contribution in [0.2, 0.25) is 0 Å². The summed E-state index contributed by atoms with van der Waals surface area (Å²) in [6.07, 6.45) is 1.05. The highest BCUT2D eigenvalue weighted by atomic mass is 16.5. The van der Waals surface area contributed by atoms with Crippen molar-refractivity contribution in [2.75, 3.05) is 12.0 Å². The average molecular weight is 448 g/mol. The summed E-state index contributed by atoms with van der Waals surface area (Å²) in [5.41, 5.74) is 10.8. The summed E-state index contributed by atoms with van der Waals surface area (Å²) in [4.78, 5) is 2.50. The van der Waals surface area contributed by atoms with Crippen LogP contribution < -0.4 is 9.64 Å². The largest absolute Gasteiger partial charge is 0.497 e. The normalized spacial score (nSPS) is 13.3. The maximum absolute atomic E-state index is 5.37. The zero-order valence-electron chi connectivity index (χ0n) is 20.6. The van der Waals surface area contributed by atoms with Crippen LogP contribution in [0.1, 0.15) is 48.6 Å². The summed E-state index contributed by atoms with van der Waals surface area (Å²) in [6.45, 7) is 8.62. The van der Waals surface area contributed by atoms with Gasteiger partial charge in [-0.2, -0.15) is 0 Å². The Morgan fingerprint density at radius 3 is 2.15 bits per heavy atom. The molecule has 0 atom stereocenters. The molecule has 0 aliphatic heterocycles. The Kier molecular flexibility index (Phi) is 5.91. The summed E-state index contributed by atoms with van der Waals surface area (Å²) in [7, 11) is 1.71. The number of rotatable bonds is 7. The van der Waals surface area contributed by atoms with E-state index in [1.807, 2.05) is 12.1 Å². The summed E-state index contributed by atoms with van der Waals surface area (Å²) in [6, 6.07) is 33.3. The molecule has 34 heavy (non-hydrogen) atoms. The topological polar surface area (TPSA) is 12.5 Å². The average Bonchev–Trinajstić information content (AvgIpc) is 3.11. The van der Waals surface area contributed by atoms with Crippen molar-refractivity contribution < 1.29 is 4.74 Å². The Labute approximate surface area is 203 Å². The number of ether oxygens (including phenoxy) is 1. The molecule has 0 unspecified atom stereocenters. The van der Waals surface area contributed by atoms with Gasteiger partial charge in [0.1, 0.15) is 5.75 Å². The van der Waals surface area contributed by atoms with Gasteiger partial charge in [0.25, 0.3) is 0 Å². The summed E-state index contributed by atoms with van der Waals surface area (Å²) in [5, 5.41) is 0. The molecule has 0 N–H and O–H groups in total. The molecule has 172 valence electrons. The second-order valence-corrected chi connectivity index (χ2v) is 9.78. The van der Waals surface area contributed by atoms with Crippen LogP contribution in [0.3, 0.4) is 0 Å². The third-order valence-electron chi connectivity index (χ3n) is 7.24. The van der Waals surface area contributed by atoms with Gasteiger partial charge in [0.2, 0.25) is 0 Å². The van der Waals surface area contributed by atoms with Gasteiger partial charge in [0, 0.05) is 24.2 Å². The summed E-state index contributed by atoms with van der Waals surface area (Å²) in [5.74, 6) is 0.892. The van der Waals surface area contributed by atoms with Gasteiger partial charge < -0.3 is 9.64 Å². The molecule has 4 aromatic rings. The molecule has 0 saturated carbocycles.